The van der Waals surface area contributed by atoms with E-state index in [2.05, 4.69) is 15.5 Å². The minimum Gasteiger partial charge on any atom is -0.419 e. The lowest BCUT2D eigenvalue weighted by molar-refractivity contribution is 0.203. The van der Waals surface area contributed by atoms with Crippen LogP contribution in [0.1, 0.15) is 19.2 Å². The molecule has 0 saturated carbocycles. The fourth-order valence-corrected chi connectivity index (χ4v) is 2.70. The van der Waals surface area contributed by atoms with Crippen molar-refractivity contribution in [2.45, 2.75) is 19.9 Å². The van der Waals surface area contributed by atoms with Crippen LogP contribution >= 0.6 is 11.6 Å². The fraction of sp³-hybridized carbons (Fsp3) is 0.211. The van der Waals surface area contributed by atoms with E-state index in [1.54, 1.807) is 17.0 Å². The molecule has 140 valence electrons. The second kappa shape index (κ2) is 8.64. The molecule has 0 aliphatic rings. The van der Waals surface area contributed by atoms with Crippen LogP contribution in [0.3, 0.4) is 0 Å². The van der Waals surface area contributed by atoms with Crippen LogP contribution in [0.5, 0.6) is 0 Å². The highest BCUT2D eigenvalue weighted by Crippen LogP contribution is 2.26. The molecule has 1 N–H and O–H groups in total. The standard InChI is InChI=1S/C19H18ClFN4O2/c1-2-11-25(19(26)22-14-9-7-13(21)8-10-14)12-17-23-24-18(27-17)15-5-3-4-6-16(15)20/h3-10H,2,11-12H2,1H3,(H,22,26). The molecular weight excluding hydrogens is 371 g/mol. The number of benzene rings is 2. The molecule has 3 rings (SSSR count). The van der Waals surface area contributed by atoms with Gasteiger partial charge in [0.25, 0.3) is 0 Å². The molecule has 1 aromatic heterocycles. The number of carbonyl (C=O) groups is 1. The van der Waals surface area contributed by atoms with Crippen molar-refractivity contribution in [1.29, 1.82) is 0 Å². The zero-order chi connectivity index (χ0) is 19.2. The van der Waals surface area contributed by atoms with Crippen molar-refractivity contribution in [2.24, 2.45) is 0 Å². The first-order valence-corrected chi connectivity index (χ1v) is 8.83. The minimum atomic E-state index is -0.364. The van der Waals surface area contributed by atoms with E-state index in [1.807, 2.05) is 19.1 Å². The van der Waals surface area contributed by atoms with E-state index < -0.39 is 0 Å². The lowest BCUT2D eigenvalue weighted by Crippen LogP contribution is -2.35. The highest BCUT2D eigenvalue weighted by Gasteiger charge is 2.18. The van der Waals surface area contributed by atoms with Gasteiger partial charge in [-0.1, -0.05) is 30.7 Å². The summed E-state index contributed by atoms with van der Waals surface area (Å²) in [5.74, 6) is 0.231. The van der Waals surface area contributed by atoms with Gasteiger partial charge in [-0.15, -0.1) is 10.2 Å². The van der Waals surface area contributed by atoms with Gasteiger partial charge in [-0.3, -0.25) is 0 Å². The number of anilines is 1. The molecule has 2 aromatic carbocycles. The van der Waals surface area contributed by atoms with Gasteiger partial charge < -0.3 is 14.6 Å². The highest BCUT2D eigenvalue weighted by molar-refractivity contribution is 6.33. The smallest absolute Gasteiger partial charge is 0.322 e. The molecule has 0 atom stereocenters. The van der Waals surface area contributed by atoms with E-state index >= 15 is 0 Å². The van der Waals surface area contributed by atoms with E-state index in [1.165, 1.54) is 24.3 Å². The van der Waals surface area contributed by atoms with Crippen LogP contribution in [-0.4, -0.2) is 27.7 Å². The Morgan fingerprint density at radius 2 is 1.93 bits per heavy atom. The minimum absolute atomic E-state index is 0.151. The molecule has 0 aliphatic carbocycles. The van der Waals surface area contributed by atoms with E-state index in [9.17, 15) is 9.18 Å². The van der Waals surface area contributed by atoms with E-state index in [4.69, 9.17) is 16.0 Å². The molecule has 27 heavy (non-hydrogen) atoms. The zero-order valence-corrected chi connectivity index (χ0v) is 15.4. The van der Waals surface area contributed by atoms with Crippen LogP contribution in [0.4, 0.5) is 14.9 Å². The number of halogens is 2. The summed E-state index contributed by atoms with van der Waals surface area (Å²) in [6.07, 6.45) is 0.752. The molecule has 0 unspecified atom stereocenters. The summed E-state index contributed by atoms with van der Waals surface area (Å²) in [5, 5.41) is 11.3. The first-order valence-electron chi connectivity index (χ1n) is 8.45. The molecule has 0 bridgehead atoms. The largest absolute Gasteiger partial charge is 0.419 e. The zero-order valence-electron chi connectivity index (χ0n) is 14.7. The first-order chi connectivity index (χ1) is 13.1. The van der Waals surface area contributed by atoms with Crippen molar-refractivity contribution in [2.75, 3.05) is 11.9 Å². The molecule has 0 radical (unpaired) electrons. The first kappa shape index (κ1) is 18.8. The van der Waals surface area contributed by atoms with Gasteiger partial charge in [-0.05, 0) is 42.8 Å². The third-order valence-electron chi connectivity index (χ3n) is 3.77. The van der Waals surface area contributed by atoms with Crippen LogP contribution in [0.25, 0.3) is 11.5 Å². The molecule has 1 heterocycles. The number of rotatable bonds is 6. The average Bonchev–Trinajstić information content (AvgIpc) is 3.12. The van der Waals surface area contributed by atoms with Gasteiger partial charge in [-0.25, -0.2) is 9.18 Å². The van der Waals surface area contributed by atoms with Crippen LogP contribution in [-0.2, 0) is 6.54 Å². The number of hydrogen-bond acceptors (Lipinski definition) is 4. The number of carbonyl (C=O) groups excluding carboxylic acids is 1. The van der Waals surface area contributed by atoms with Crippen molar-refractivity contribution in [3.63, 3.8) is 0 Å². The lowest BCUT2D eigenvalue weighted by Gasteiger charge is -2.20. The predicted octanol–water partition coefficient (Wildman–Crippen LogP) is 4.97. The quantitative estimate of drug-likeness (QED) is 0.646. The second-order valence-corrected chi connectivity index (χ2v) is 6.25. The highest BCUT2D eigenvalue weighted by atomic mass is 35.5. The number of nitrogens with one attached hydrogen (secondary N) is 1. The maximum absolute atomic E-state index is 13.0. The molecule has 0 spiro atoms. The number of hydrogen-bond donors (Lipinski definition) is 1. The Morgan fingerprint density at radius 3 is 2.63 bits per heavy atom. The van der Waals surface area contributed by atoms with Crippen LogP contribution in [0, 0.1) is 5.82 Å². The average molecular weight is 389 g/mol. The van der Waals surface area contributed by atoms with Crippen molar-refractivity contribution in [1.82, 2.24) is 15.1 Å². The van der Waals surface area contributed by atoms with E-state index in [-0.39, 0.29) is 18.4 Å². The summed E-state index contributed by atoms with van der Waals surface area (Å²) in [7, 11) is 0. The molecule has 2 amide bonds. The van der Waals surface area contributed by atoms with Gasteiger partial charge in [0, 0.05) is 12.2 Å². The molecular formula is C19H18ClFN4O2. The van der Waals surface area contributed by atoms with Crippen molar-refractivity contribution in [3.8, 4) is 11.5 Å². The number of amides is 2. The Bertz CT molecular complexity index is 914. The molecule has 6 nitrogen and oxygen atoms in total. The fourth-order valence-electron chi connectivity index (χ4n) is 2.48. The third kappa shape index (κ3) is 4.83. The Kier molecular flexibility index (Phi) is 6.03. The normalized spacial score (nSPS) is 10.6. The van der Waals surface area contributed by atoms with Gasteiger partial charge in [0.05, 0.1) is 10.6 Å². The van der Waals surface area contributed by atoms with Gasteiger partial charge in [0.2, 0.25) is 11.8 Å². The van der Waals surface area contributed by atoms with Crippen molar-refractivity contribution < 1.29 is 13.6 Å². The number of aromatic nitrogens is 2. The van der Waals surface area contributed by atoms with E-state index in [0.717, 1.165) is 6.42 Å². The summed E-state index contributed by atoms with van der Waals surface area (Å²) in [5.41, 5.74) is 1.14. The van der Waals surface area contributed by atoms with Crippen LogP contribution < -0.4 is 5.32 Å². The SMILES string of the molecule is CCCN(Cc1nnc(-c2ccccc2Cl)o1)C(=O)Nc1ccc(F)cc1. The summed E-state index contributed by atoms with van der Waals surface area (Å²) in [6, 6.07) is 12.4. The maximum Gasteiger partial charge on any atom is 0.322 e. The number of nitrogens with zero attached hydrogens (tertiary/aromatic N) is 3. The van der Waals surface area contributed by atoms with Gasteiger partial charge >= 0.3 is 6.03 Å². The summed E-state index contributed by atoms with van der Waals surface area (Å²) >= 11 is 6.15. The van der Waals surface area contributed by atoms with Crippen molar-refractivity contribution >= 4 is 23.3 Å². The molecule has 3 aromatic rings. The van der Waals surface area contributed by atoms with Crippen molar-refractivity contribution in [3.05, 3.63) is 65.3 Å². The Hall–Kier alpha value is -2.93. The predicted molar refractivity (Wildman–Crippen MR) is 101 cm³/mol. The van der Waals surface area contributed by atoms with E-state index in [0.29, 0.717) is 34.6 Å². The summed E-state index contributed by atoms with van der Waals surface area (Å²) in [6.45, 7) is 2.61. The molecule has 8 heteroatoms. The van der Waals surface area contributed by atoms with Crippen LogP contribution in [0.15, 0.2) is 52.9 Å². The Morgan fingerprint density at radius 1 is 1.19 bits per heavy atom. The molecule has 0 fully saturated rings. The lowest BCUT2D eigenvalue weighted by atomic mass is 10.2. The molecule has 0 saturated heterocycles. The van der Waals surface area contributed by atoms with Gasteiger partial charge in [0.15, 0.2) is 0 Å². The Labute approximate surface area is 161 Å². The van der Waals surface area contributed by atoms with Gasteiger partial charge in [0.1, 0.15) is 12.4 Å². The number of urea groups is 1. The maximum atomic E-state index is 13.0. The topological polar surface area (TPSA) is 71.3 Å². The third-order valence-corrected chi connectivity index (χ3v) is 4.10. The van der Waals surface area contributed by atoms with Crippen LogP contribution in [0.2, 0.25) is 5.02 Å². The Balaban J connectivity index is 1.71. The summed E-state index contributed by atoms with van der Waals surface area (Å²) in [4.78, 5) is 14.1. The second-order valence-electron chi connectivity index (χ2n) is 5.84. The molecule has 0 aliphatic heterocycles. The van der Waals surface area contributed by atoms with Gasteiger partial charge in [-0.2, -0.15) is 0 Å². The summed E-state index contributed by atoms with van der Waals surface area (Å²) < 4.78 is 18.7. The monoisotopic (exact) mass is 388 g/mol.